The van der Waals surface area contributed by atoms with Crippen LogP contribution in [-0.4, -0.2) is 55.7 Å². The molecule has 0 saturated carbocycles. The molecule has 2 aliphatic heterocycles. The third kappa shape index (κ3) is 6.03. The van der Waals surface area contributed by atoms with Crippen molar-refractivity contribution in [3.8, 4) is 22.6 Å². The third-order valence-electron chi connectivity index (χ3n) is 8.08. The van der Waals surface area contributed by atoms with Gasteiger partial charge in [0.1, 0.15) is 18.2 Å². The molecule has 7 nitrogen and oxygen atoms in total. The molecule has 45 heavy (non-hydrogen) atoms. The SMILES string of the molecule is C=C1c2ccccc2COCN1CC=Cc1ccc(-c2ccc3c(c2)C(=O)N(CC=Cc2ccccc2OC)C3=O)c(OC)c1. The monoisotopic (exact) mass is 598 g/mol. The Labute approximate surface area is 263 Å². The summed E-state index contributed by atoms with van der Waals surface area (Å²) in [5, 5.41) is 0. The minimum absolute atomic E-state index is 0.160. The highest BCUT2D eigenvalue weighted by molar-refractivity contribution is 6.22. The molecule has 2 amide bonds. The zero-order chi connectivity index (χ0) is 31.3. The number of carbonyl (C=O) groups is 2. The Morgan fingerprint density at radius 1 is 0.756 bits per heavy atom. The lowest BCUT2D eigenvalue weighted by Crippen LogP contribution is -2.29. The zero-order valence-corrected chi connectivity index (χ0v) is 25.4. The van der Waals surface area contributed by atoms with Crippen molar-refractivity contribution >= 4 is 29.7 Å². The quantitative estimate of drug-likeness (QED) is 0.191. The standard InChI is InChI=1S/C38H34N2O5/c1-26-31-14-6-4-12-30(31)24-45-25-39(26)20-8-10-27-16-18-32(36(22-27)44-3)29-17-19-33-34(23-29)38(42)40(37(33)41)21-9-13-28-11-5-7-15-35(28)43-2/h4-19,22-23H,1,20-21,24-25H2,2-3H3. The van der Waals surface area contributed by atoms with Crippen molar-refractivity contribution in [3.05, 3.63) is 137 Å². The van der Waals surface area contributed by atoms with E-state index < -0.39 is 0 Å². The lowest BCUT2D eigenvalue weighted by atomic mass is 9.98. The molecule has 0 saturated heterocycles. The van der Waals surface area contributed by atoms with Crippen LogP contribution in [0.2, 0.25) is 0 Å². The maximum atomic E-state index is 13.3. The molecule has 0 unspecified atom stereocenters. The molecular weight excluding hydrogens is 564 g/mol. The Morgan fingerprint density at radius 3 is 2.33 bits per heavy atom. The van der Waals surface area contributed by atoms with E-state index in [4.69, 9.17) is 14.2 Å². The fourth-order valence-electron chi connectivity index (χ4n) is 5.68. The fourth-order valence-corrected chi connectivity index (χ4v) is 5.68. The number of methoxy groups -OCH3 is 2. The van der Waals surface area contributed by atoms with E-state index >= 15 is 0 Å². The average Bonchev–Trinajstić information content (AvgIpc) is 3.20. The van der Waals surface area contributed by atoms with E-state index in [2.05, 4.69) is 29.7 Å². The van der Waals surface area contributed by atoms with Crippen LogP contribution in [0.15, 0.2) is 104 Å². The summed E-state index contributed by atoms with van der Waals surface area (Å²) >= 11 is 0. The van der Waals surface area contributed by atoms with Crippen LogP contribution in [0, 0.1) is 0 Å². The number of ether oxygens (including phenoxy) is 3. The number of hydrogen-bond acceptors (Lipinski definition) is 6. The Balaban J connectivity index is 1.16. The molecule has 4 aromatic rings. The van der Waals surface area contributed by atoms with Crippen molar-refractivity contribution in [1.82, 2.24) is 9.80 Å². The predicted molar refractivity (Wildman–Crippen MR) is 177 cm³/mol. The van der Waals surface area contributed by atoms with Gasteiger partial charge in [-0.1, -0.05) is 91.5 Å². The number of nitrogens with zero attached hydrogens (tertiary/aromatic N) is 2. The maximum absolute atomic E-state index is 13.3. The van der Waals surface area contributed by atoms with E-state index in [1.165, 1.54) is 4.90 Å². The van der Waals surface area contributed by atoms with Gasteiger partial charge in [0.15, 0.2) is 0 Å². The molecule has 0 N–H and O–H groups in total. The fraction of sp³-hybridized carbons (Fsp3) is 0.158. The zero-order valence-electron chi connectivity index (χ0n) is 25.4. The molecule has 0 aromatic heterocycles. The van der Waals surface area contributed by atoms with Crippen LogP contribution < -0.4 is 9.47 Å². The van der Waals surface area contributed by atoms with Crippen LogP contribution in [0.3, 0.4) is 0 Å². The number of amides is 2. The number of rotatable bonds is 9. The van der Waals surface area contributed by atoms with Crippen LogP contribution in [0.1, 0.15) is 43.0 Å². The number of imide groups is 1. The Kier molecular flexibility index (Phi) is 8.62. The highest BCUT2D eigenvalue weighted by Crippen LogP contribution is 2.35. The number of para-hydroxylation sites is 1. The van der Waals surface area contributed by atoms with Crippen molar-refractivity contribution in [3.63, 3.8) is 0 Å². The molecule has 0 atom stereocenters. The minimum atomic E-state index is -0.318. The van der Waals surface area contributed by atoms with Crippen molar-refractivity contribution in [2.45, 2.75) is 6.61 Å². The molecular formula is C38H34N2O5. The molecule has 226 valence electrons. The topological polar surface area (TPSA) is 68.3 Å². The highest BCUT2D eigenvalue weighted by atomic mass is 16.5. The smallest absolute Gasteiger partial charge is 0.261 e. The Bertz CT molecular complexity index is 1840. The van der Waals surface area contributed by atoms with Gasteiger partial charge in [-0.05, 0) is 41.0 Å². The first kappa shape index (κ1) is 29.7. The molecule has 0 radical (unpaired) electrons. The number of hydrogen-bond donors (Lipinski definition) is 0. The third-order valence-corrected chi connectivity index (χ3v) is 8.08. The van der Waals surface area contributed by atoms with Gasteiger partial charge in [0.25, 0.3) is 11.8 Å². The summed E-state index contributed by atoms with van der Waals surface area (Å²) in [5.74, 6) is 0.767. The predicted octanol–water partition coefficient (Wildman–Crippen LogP) is 7.15. The lowest BCUT2D eigenvalue weighted by Gasteiger charge is -2.22. The molecule has 7 heteroatoms. The number of benzene rings is 4. The summed E-state index contributed by atoms with van der Waals surface area (Å²) in [6.07, 6.45) is 7.77. The molecule has 2 aliphatic rings. The van der Waals surface area contributed by atoms with Gasteiger partial charge in [0.05, 0.1) is 32.0 Å². The first-order valence-electron chi connectivity index (χ1n) is 14.7. The Morgan fingerprint density at radius 2 is 1.49 bits per heavy atom. The van der Waals surface area contributed by atoms with E-state index in [9.17, 15) is 9.59 Å². The van der Waals surface area contributed by atoms with Crippen LogP contribution >= 0.6 is 0 Å². The molecule has 0 spiro atoms. The van der Waals surface area contributed by atoms with Gasteiger partial charge in [-0.2, -0.15) is 0 Å². The summed E-state index contributed by atoms with van der Waals surface area (Å²) in [4.78, 5) is 29.8. The summed E-state index contributed by atoms with van der Waals surface area (Å²) in [5.41, 5.74) is 7.44. The number of fused-ring (bicyclic) bond motifs is 2. The van der Waals surface area contributed by atoms with Crippen molar-refractivity contribution in [2.24, 2.45) is 0 Å². The van der Waals surface area contributed by atoms with E-state index in [1.807, 2.05) is 72.8 Å². The first-order chi connectivity index (χ1) is 22.0. The second-order valence-electron chi connectivity index (χ2n) is 10.8. The van der Waals surface area contributed by atoms with Crippen molar-refractivity contribution in [1.29, 1.82) is 0 Å². The molecule has 0 aliphatic carbocycles. The normalized spacial score (nSPS) is 14.7. The van der Waals surface area contributed by atoms with E-state index in [0.717, 1.165) is 44.8 Å². The average molecular weight is 599 g/mol. The molecule has 4 aromatic carbocycles. The van der Waals surface area contributed by atoms with Crippen LogP contribution in [0.5, 0.6) is 11.5 Å². The molecule has 6 rings (SSSR count). The summed E-state index contributed by atoms with van der Waals surface area (Å²) in [6, 6.07) is 27.0. The van der Waals surface area contributed by atoms with Gasteiger partial charge in [-0.15, -0.1) is 0 Å². The molecule has 0 fully saturated rings. The maximum Gasteiger partial charge on any atom is 0.261 e. The second-order valence-corrected chi connectivity index (χ2v) is 10.8. The Hall–Kier alpha value is -5.40. The van der Waals surface area contributed by atoms with Crippen LogP contribution in [0.25, 0.3) is 29.0 Å². The molecule has 0 bridgehead atoms. The van der Waals surface area contributed by atoms with Gasteiger partial charge in [0, 0.05) is 35.5 Å². The van der Waals surface area contributed by atoms with E-state index in [0.29, 0.717) is 36.8 Å². The van der Waals surface area contributed by atoms with E-state index in [-0.39, 0.29) is 18.4 Å². The van der Waals surface area contributed by atoms with Gasteiger partial charge in [-0.25, -0.2) is 0 Å². The van der Waals surface area contributed by atoms with Crippen LogP contribution in [-0.2, 0) is 11.3 Å². The lowest BCUT2D eigenvalue weighted by molar-refractivity contribution is 0.0590. The van der Waals surface area contributed by atoms with Crippen molar-refractivity contribution < 1.29 is 23.8 Å². The summed E-state index contributed by atoms with van der Waals surface area (Å²) in [7, 11) is 3.23. The van der Waals surface area contributed by atoms with Gasteiger partial charge >= 0.3 is 0 Å². The minimum Gasteiger partial charge on any atom is -0.496 e. The van der Waals surface area contributed by atoms with Crippen molar-refractivity contribution in [2.75, 3.05) is 34.0 Å². The number of carbonyl (C=O) groups excluding carboxylic acids is 2. The van der Waals surface area contributed by atoms with Gasteiger partial charge < -0.3 is 19.1 Å². The molecule has 2 heterocycles. The largest absolute Gasteiger partial charge is 0.496 e. The first-order valence-corrected chi connectivity index (χ1v) is 14.7. The summed E-state index contributed by atoms with van der Waals surface area (Å²) in [6.45, 7) is 6.14. The summed E-state index contributed by atoms with van der Waals surface area (Å²) < 4.78 is 17.0. The van der Waals surface area contributed by atoms with Gasteiger partial charge in [0.2, 0.25) is 0 Å². The van der Waals surface area contributed by atoms with Gasteiger partial charge in [-0.3, -0.25) is 14.5 Å². The highest BCUT2D eigenvalue weighted by Gasteiger charge is 2.35. The van der Waals surface area contributed by atoms with E-state index in [1.54, 1.807) is 32.4 Å². The van der Waals surface area contributed by atoms with Crippen LogP contribution in [0.4, 0.5) is 0 Å². The second kappa shape index (κ2) is 13.1.